The van der Waals surface area contributed by atoms with E-state index in [0.717, 1.165) is 10.6 Å². The average molecular weight is 288 g/mol. The van der Waals surface area contributed by atoms with Gasteiger partial charge >= 0.3 is 5.97 Å². The number of carbonyl (C=O) groups is 1. The molecule has 78 valence electrons. The second-order valence-corrected chi connectivity index (χ2v) is 4.66. The Kier molecular flexibility index (Phi) is 2.57. The Bertz CT molecular complexity index is 500. The number of halogens is 1. The quantitative estimate of drug-likeness (QED) is 0.917. The van der Waals surface area contributed by atoms with Crippen molar-refractivity contribution in [2.24, 2.45) is 7.05 Å². The van der Waals surface area contributed by atoms with Crippen LogP contribution < -0.4 is 0 Å². The molecule has 0 aliphatic carbocycles. The maximum Gasteiger partial charge on any atom is 0.345 e. The van der Waals surface area contributed by atoms with Crippen LogP contribution in [0.4, 0.5) is 0 Å². The predicted octanol–water partition coefficient (Wildman–Crippen LogP) is 2.00. The highest BCUT2D eigenvalue weighted by Gasteiger charge is 2.14. The number of carboxylic acids is 1. The minimum Gasteiger partial charge on any atom is -0.477 e. The van der Waals surface area contributed by atoms with Crippen LogP contribution in [-0.2, 0) is 7.05 Å². The number of rotatable bonds is 2. The summed E-state index contributed by atoms with van der Waals surface area (Å²) >= 11 is 4.46. The van der Waals surface area contributed by atoms with Gasteiger partial charge in [-0.2, -0.15) is 0 Å². The Morgan fingerprint density at radius 1 is 1.60 bits per heavy atom. The molecule has 2 aromatic rings. The van der Waals surface area contributed by atoms with Crippen molar-refractivity contribution >= 4 is 33.2 Å². The van der Waals surface area contributed by atoms with Crippen molar-refractivity contribution in [2.45, 2.75) is 0 Å². The molecule has 0 radical (unpaired) electrons. The zero-order chi connectivity index (χ0) is 11.0. The van der Waals surface area contributed by atoms with Crippen LogP contribution in [0, 0.1) is 0 Å². The van der Waals surface area contributed by atoms with Gasteiger partial charge in [-0.15, -0.1) is 16.4 Å². The number of aromatic carboxylic acids is 1. The summed E-state index contributed by atoms with van der Waals surface area (Å²) in [4.78, 5) is 11.8. The van der Waals surface area contributed by atoms with Crippen molar-refractivity contribution < 1.29 is 9.90 Å². The molecule has 0 aromatic carbocycles. The molecule has 0 aliphatic heterocycles. The van der Waals surface area contributed by atoms with Crippen LogP contribution in [0.1, 0.15) is 9.67 Å². The van der Waals surface area contributed by atoms with E-state index in [-0.39, 0.29) is 0 Å². The van der Waals surface area contributed by atoms with Gasteiger partial charge in [0.05, 0.1) is 4.88 Å². The lowest BCUT2D eigenvalue weighted by Gasteiger charge is -1.95. The second kappa shape index (κ2) is 3.74. The van der Waals surface area contributed by atoms with E-state index in [4.69, 9.17) is 5.11 Å². The van der Waals surface area contributed by atoms with Crippen LogP contribution in [-0.4, -0.2) is 26.1 Å². The molecule has 5 nitrogen and oxygen atoms in total. The van der Waals surface area contributed by atoms with E-state index in [1.807, 2.05) is 0 Å². The summed E-state index contributed by atoms with van der Waals surface area (Å²) < 4.78 is 2.21. The summed E-state index contributed by atoms with van der Waals surface area (Å²) in [5.74, 6) is -0.919. The zero-order valence-electron chi connectivity index (χ0n) is 7.64. The summed E-state index contributed by atoms with van der Waals surface area (Å²) in [6.45, 7) is 0. The van der Waals surface area contributed by atoms with Crippen molar-refractivity contribution in [3.63, 3.8) is 0 Å². The van der Waals surface area contributed by atoms with E-state index in [2.05, 4.69) is 26.2 Å². The molecule has 0 amide bonds. The maximum atomic E-state index is 10.7. The summed E-state index contributed by atoms with van der Waals surface area (Å²) in [6, 6.07) is 3.32. The lowest BCUT2D eigenvalue weighted by Crippen LogP contribution is -1.92. The maximum absolute atomic E-state index is 10.7. The van der Waals surface area contributed by atoms with E-state index in [0.29, 0.717) is 9.48 Å². The number of aryl methyl sites for hydroxylation is 1. The van der Waals surface area contributed by atoms with E-state index in [9.17, 15) is 4.79 Å². The normalized spacial score (nSPS) is 10.5. The molecule has 0 fully saturated rings. The highest BCUT2D eigenvalue weighted by Crippen LogP contribution is 2.31. The molecule has 0 bridgehead atoms. The summed E-state index contributed by atoms with van der Waals surface area (Å²) in [5, 5.41) is 16.5. The van der Waals surface area contributed by atoms with Gasteiger partial charge in [0.25, 0.3) is 0 Å². The number of aromatic nitrogens is 3. The number of nitrogens with zero attached hydrogens (tertiary/aromatic N) is 3. The van der Waals surface area contributed by atoms with Gasteiger partial charge in [-0.1, -0.05) is 5.21 Å². The third kappa shape index (κ3) is 1.80. The number of carboxylic acid groups (broad SMARTS) is 1. The van der Waals surface area contributed by atoms with Gasteiger partial charge < -0.3 is 5.11 Å². The fourth-order valence-corrected chi connectivity index (χ4v) is 2.77. The Labute approximate surface area is 97.5 Å². The Hall–Kier alpha value is -1.21. The van der Waals surface area contributed by atoms with Crippen molar-refractivity contribution in [1.29, 1.82) is 0 Å². The van der Waals surface area contributed by atoms with E-state index in [1.165, 1.54) is 11.3 Å². The number of thiophene rings is 1. The van der Waals surface area contributed by atoms with Crippen molar-refractivity contribution in [1.82, 2.24) is 15.0 Å². The molecule has 2 rings (SSSR count). The lowest BCUT2D eigenvalue weighted by atomic mass is 10.3. The molecule has 0 saturated heterocycles. The van der Waals surface area contributed by atoms with Gasteiger partial charge in [-0.05, 0) is 28.1 Å². The van der Waals surface area contributed by atoms with Crippen molar-refractivity contribution in [3.8, 4) is 10.6 Å². The SMILES string of the molecule is Cn1nnc(Br)c1-c1ccc(C(=O)O)s1. The number of hydrogen-bond donors (Lipinski definition) is 1. The van der Waals surface area contributed by atoms with Gasteiger partial charge in [0.2, 0.25) is 0 Å². The van der Waals surface area contributed by atoms with Gasteiger partial charge in [0.15, 0.2) is 4.60 Å². The standard InChI is InChI=1S/C8H6BrN3O2S/c1-12-6(7(9)10-11-12)4-2-3-5(15-4)8(13)14/h2-3H,1H3,(H,13,14). The molecule has 1 N–H and O–H groups in total. The molecule has 0 atom stereocenters. The summed E-state index contributed by atoms with van der Waals surface area (Å²) in [5.41, 5.74) is 0.785. The highest BCUT2D eigenvalue weighted by atomic mass is 79.9. The fourth-order valence-electron chi connectivity index (χ4n) is 1.17. The first kappa shape index (κ1) is 10.3. The molecule has 0 spiro atoms. The molecule has 2 heterocycles. The summed E-state index contributed by atoms with van der Waals surface area (Å²) in [7, 11) is 1.76. The monoisotopic (exact) mass is 287 g/mol. The van der Waals surface area contributed by atoms with E-state index < -0.39 is 5.97 Å². The van der Waals surface area contributed by atoms with Gasteiger partial charge in [-0.25, -0.2) is 9.48 Å². The van der Waals surface area contributed by atoms with Crippen LogP contribution in [0.15, 0.2) is 16.7 Å². The van der Waals surface area contributed by atoms with Gasteiger partial charge in [-0.3, -0.25) is 0 Å². The third-order valence-electron chi connectivity index (χ3n) is 1.84. The van der Waals surface area contributed by atoms with Gasteiger partial charge in [0, 0.05) is 7.05 Å². The van der Waals surface area contributed by atoms with Crippen LogP contribution in [0.5, 0.6) is 0 Å². The minimum atomic E-state index is -0.919. The average Bonchev–Trinajstić information content (AvgIpc) is 2.73. The Morgan fingerprint density at radius 3 is 2.80 bits per heavy atom. The molecular weight excluding hydrogens is 282 g/mol. The molecule has 2 aromatic heterocycles. The second-order valence-electron chi connectivity index (χ2n) is 2.82. The molecule has 15 heavy (non-hydrogen) atoms. The molecular formula is C8H6BrN3O2S. The minimum absolute atomic E-state index is 0.304. The lowest BCUT2D eigenvalue weighted by molar-refractivity contribution is 0.0702. The largest absolute Gasteiger partial charge is 0.477 e. The third-order valence-corrected chi connectivity index (χ3v) is 3.45. The van der Waals surface area contributed by atoms with Gasteiger partial charge in [0.1, 0.15) is 10.6 Å². The van der Waals surface area contributed by atoms with Crippen LogP contribution in [0.3, 0.4) is 0 Å². The van der Waals surface area contributed by atoms with Crippen molar-refractivity contribution in [3.05, 3.63) is 21.6 Å². The predicted molar refractivity (Wildman–Crippen MR) is 59.0 cm³/mol. The topological polar surface area (TPSA) is 68.0 Å². The first-order valence-electron chi connectivity index (χ1n) is 3.98. The summed E-state index contributed by atoms with van der Waals surface area (Å²) in [6.07, 6.45) is 0. The van der Waals surface area contributed by atoms with Crippen molar-refractivity contribution in [2.75, 3.05) is 0 Å². The zero-order valence-corrected chi connectivity index (χ0v) is 10.0. The smallest absolute Gasteiger partial charge is 0.345 e. The van der Waals surface area contributed by atoms with Crippen LogP contribution in [0.2, 0.25) is 0 Å². The molecule has 0 saturated carbocycles. The van der Waals surface area contributed by atoms with E-state index in [1.54, 1.807) is 23.9 Å². The number of hydrogen-bond acceptors (Lipinski definition) is 4. The fraction of sp³-hybridized carbons (Fsp3) is 0.125. The highest BCUT2D eigenvalue weighted by molar-refractivity contribution is 9.10. The Morgan fingerprint density at radius 2 is 2.33 bits per heavy atom. The van der Waals surface area contributed by atoms with Crippen LogP contribution in [0.25, 0.3) is 10.6 Å². The first-order chi connectivity index (χ1) is 7.09. The molecule has 0 unspecified atom stereocenters. The molecule has 7 heteroatoms. The first-order valence-corrected chi connectivity index (χ1v) is 5.59. The van der Waals surface area contributed by atoms with Crippen LogP contribution >= 0.6 is 27.3 Å². The van der Waals surface area contributed by atoms with E-state index >= 15 is 0 Å². The Balaban J connectivity index is 2.50. The molecule has 0 aliphatic rings.